The molecule has 6 rings (SSSR count). The summed E-state index contributed by atoms with van der Waals surface area (Å²) in [6.07, 6.45) is 3.21. The summed E-state index contributed by atoms with van der Waals surface area (Å²) < 4.78 is 11.0. The van der Waals surface area contributed by atoms with E-state index >= 15 is 0 Å². The molecule has 0 atom stereocenters. The molecule has 0 unspecified atom stereocenters. The lowest BCUT2D eigenvalue weighted by atomic mass is 9.69. The van der Waals surface area contributed by atoms with Crippen LogP contribution in [0.4, 0.5) is 5.69 Å². The fourth-order valence-corrected chi connectivity index (χ4v) is 5.61. The number of carbonyl (C=O) groups excluding carboxylic acids is 1. The summed E-state index contributed by atoms with van der Waals surface area (Å²) in [6.45, 7) is 6.62. The summed E-state index contributed by atoms with van der Waals surface area (Å²) in [4.78, 5) is 17.4. The van der Waals surface area contributed by atoms with Crippen LogP contribution in [0, 0.1) is 13.8 Å². The highest BCUT2D eigenvalue weighted by Gasteiger charge is 2.38. The van der Waals surface area contributed by atoms with Gasteiger partial charge in [-0.3, -0.25) is 4.79 Å². The molecule has 0 saturated carbocycles. The summed E-state index contributed by atoms with van der Waals surface area (Å²) >= 11 is 0. The van der Waals surface area contributed by atoms with Crippen LogP contribution in [0.15, 0.2) is 65.2 Å². The van der Waals surface area contributed by atoms with Gasteiger partial charge in [0, 0.05) is 34.7 Å². The lowest BCUT2D eigenvalue weighted by Crippen LogP contribution is -2.43. The quantitative estimate of drug-likeness (QED) is 0.380. The van der Waals surface area contributed by atoms with Crippen LogP contribution >= 0.6 is 0 Å². The number of hydrogen-bond donors (Lipinski definition) is 2. The van der Waals surface area contributed by atoms with Crippen LogP contribution in [0.5, 0.6) is 5.75 Å². The number of ether oxygens (including phenoxy) is 1. The molecule has 2 N–H and O–H groups in total. The Bertz CT molecular complexity index is 1450. The molecule has 37 heavy (non-hydrogen) atoms. The molecule has 3 aromatic carbocycles. The van der Waals surface area contributed by atoms with Crippen LogP contribution in [0.25, 0.3) is 22.5 Å². The Morgan fingerprint density at radius 1 is 0.946 bits per heavy atom. The van der Waals surface area contributed by atoms with Crippen LogP contribution in [-0.2, 0) is 5.41 Å². The monoisotopic (exact) mass is 494 g/mol. The number of nitrogens with zero attached hydrogens (tertiary/aromatic N) is 2. The Kier molecular flexibility index (Phi) is 6.00. The fourth-order valence-electron chi connectivity index (χ4n) is 5.61. The van der Waals surface area contributed by atoms with E-state index in [9.17, 15) is 4.79 Å². The zero-order chi connectivity index (χ0) is 25.4. The lowest BCUT2D eigenvalue weighted by molar-refractivity contribution is 0.102. The SMILES string of the molecule is Cc1nc(-c2ccc(-c3ccc(C(=O)Nc4ccc5c(c4)C4(CCNCC4)CCO5)cc3)c(C)c2)no1. The fraction of sp³-hybridized carbons (Fsp3) is 0.300. The van der Waals surface area contributed by atoms with Gasteiger partial charge in [-0.2, -0.15) is 4.98 Å². The van der Waals surface area contributed by atoms with E-state index in [2.05, 4.69) is 45.9 Å². The first-order chi connectivity index (χ1) is 18.0. The number of rotatable bonds is 4. The number of fused-ring (bicyclic) bond motifs is 2. The second-order valence-electron chi connectivity index (χ2n) is 10.0. The molecule has 0 bridgehead atoms. The average molecular weight is 495 g/mol. The Morgan fingerprint density at radius 2 is 1.73 bits per heavy atom. The molecular formula is C30H30N4O3. The van der Waals surface area contributed by atoms with Gasteiger partial charge in [-0.05, 0) is 92.4 Å². The highest BCUT2D eigenvalue weighted by atomic mass is 16.5. The minimum atomic E-state index is -0.123. The molecular weight excluding hydrogens is 464 g/mol. The average Bonchev–Trinajstić information content (AvgIpc) is 3.36. The zero-order valence-corrected chi connectivity index (χ0v) is 21.1. The molecule has 7 heteroatoms. The van der Waals surface area contributed by atoms with E-state index in [1.165, 1.54) is 5.56 Å². The van der Waals surface area contributed by atoms with Crippen LogP contribution in [0.3, 0.4) is 0 Å². The molecule has 0 radical (unpaired) electrons. The third kappa shape index (κ3) is 4.51. The van der Waals surface area contributed by atoms with Crippen molar-refractivity contribution in [2.45, 2.75) is 38.5 Å². The molecule has 3 heterocycles. The maximum Gasteiger partial charge on any atom is 0.255 e. The van der Waals surface area contributed by atoms with E-state index < -0.39 is 0 Å². The number of piperidine rings is 1. The predicted molar refractivity (Wildman–Crippen MR) is 143 cm³/mol. The maximum atomic E-state index is 13.1. The zero-order valence-electron chi connectivity index (χ0n) is 21.1. The standard InChI is InChI=1S/C30H30N4O3/c1-19-17-23(28-32-20(2)37-34-28)7-9-25(19)21-3-5-22(6-4-21)29(35)33-24-8-10-27-26(18-24)30(13-16-36-27)11-14-31-15-12-30/h3-10,17-18,31H,11-16H2,1-2H3,(H,33,35). The molecule has 4 aromatic rings. The first-order valence-electron chi connectivity index (χ1n) is 12.8. The molecule has 1 spiro atoms. The number of aryl methyl sites for hydroxylation is 2. The third-order valence-electron chi connectivity index (χ3n) is 7.68. The van der Waals surface area contributed by atoms with E-state index in [0.717, 1.165) is 72.6 Å². The first kappa shape index (κ1) is 23.4. The van der Waals surface area contributed by atoms with Crippen LogP contribution in [-0.4, -0.2) is 35.7 Å². The minimum absolute atomic E-state index is 0.123. The number of aromatic nitrogens is 2. The van der Waals surface area contributed by atoms with Gasteiger partial charge in [-0.25, -0.2) is 0 Å². The topological polar surface area (TPSA) is 89.3 Å². The Balaban J connectivity index is 1.19. The number of hydrogen-bond acceptors (Lipinski definition) is 6. The van der Waals surface area contributed by atoms with Gasteiger partial charge >= 0.3 is 0 Å². The Morgan fingerprint density at radius 3 is 2.46 bits per heavy atom. The summed E-state index contributed by atoms with van der Waals surface area (Å²) in [5.74, 6) is 1.95. The number of benzene rings is 3. The van der Waals surface area contributed by atoms with Crippen LogP contribution in [0.1, 0.15) is 46.6 Å². The molecule has 1 fully saturated rings. The molecule has 1 amide bonds. The van der Waals surface area contributed by atoms with E-state index in [0.29, 0.717) is 17.3 Å². The second kappa shape index (κ2) is 9.48. The first-order valence-corrected chi connectivity index (χ1v) is 12.8. The maximum absolute atomic E-state index is 13.1. The van der Waals surface area contributed by atoms with Gasteiger partial charge in [0.25, 0.3) is 5.91 Å². The van der Waals surface area contributed by atoms with Gasteiger partial charge in [0.05, 0.1) is 6.61 Å². The van der Waals surface area contributed by atoms with Gasteiger partial charge in [0.2, 0.25) is 11.7 Å². The number of amides is 1. The highest BCUT2D eigenvalue weighted by molar-refractivity contribution is 6.04. The van der Waals surface area contributed by atoms with Gasteiger partial charge < -0.3 is 19.9 Å². The molecule has 1 saturated heterocycles. The molecule has 188 valence electrons. The van der Waals surface area contributed by atoms with Gasteiger partial charge in [0.1, 0.15) is 5.75 Å². The number of nitrogens with one attached hydrogen (secondary N) is 2. The lowest BCUT2D eigenvalue weighted by Gasteiger charge is -2.42. The van der Waals surface area contributed by atoms with Crippen molar-refractivity contribution < 1.29 is 14.1 Å². The molecule has 1 aromatic heterocycles. The van der Waals surface area contributed by atoms with Crippen molar-refractivity contribution in [3.05, 3.63) is 83.2 Å². The van der Waals surface area contributed by atoms with Gasteiger partial charge in [-0.1, -0.05) is 29.4 Å². The molecule has 0 aliphatic carbocycles. The van der Waals surface area contributed by atoms with Crippen molar-refractivity contribution in [3.8, 4) is 28.3 Å². The van der Waals surface area contributed by atoms with Crippen molar-refractivity contribution in [2.24, 2.45) is 0 Å². The van der Waals surface area contributed by atoms with Crippen molar-refractivity contribution in [1.82, 2.24) is 15.5 Å². The Labute approximate surface area is 216 Å². The second-order valence-corrected chi connectivity index (χ2v) is 10.0. The Hall–Kier alpha value is -3.97. The van der Waals surface area contributed by atoms with Gasteiger partial charge in [0.15, 0.2) is 0 Å². The van der Waals surface area contributed by atoms with E-state index in [1.54, 1.807) is 6.92 Å². The highest BCUT2D eigenvalue weighted by Crippen LogP contribution is 2.45. The third-order valence-corrected chi connectivity index (χ3v) is 7.68. The number of carbonyl (C=O) groups is 1. The van der Waals surface area contributed by atoms with Crippen LogP contribution in [0.2, 0.25) is 0 Å². The molecule has 7 nitrogen and oxygen atoms in total. The minimum Gasteiger partial charge on any atom is -0.493 e. The van der Waals surface area contributed by atoms with Crippen molar-refractivity contribution in [2.75, 3.05) is 25.0 Å². The smallest absolute Gasteiger partial charge is 0.255 e. The van der Waals surface area contributed by atoms with Crippen molar-refractivity contribution >= 4 is 11.6 Å². The largest absolute Gasteiger partial charge is 0.493 e. The van der Waals surface area contributed by atoms with Gasteiger partial charge in [-0.15, -0.1) is 0 Å². The summed E-state index contributed by atoms with van der Waals surface area (Å²) in [5.41, 5.74) is 6.93. The predicted octanol–water partition coefficient (Wildman–Crippen LogP) is 5.68. The normalized spacial score (nSPS) is 16.2. The number of anilines is 1. The summed E-state index contributed by atoms with van der Waals surface area (Å²) in [6, 6.07) is 19.9. The van der Waals surface area contributed by atoms with E-state index in [1.807, 2.05) is 42.5 Å². The van der Waals surface area contributed by atoms with Crippen molar-refractivity contribution in [1.29, 1.82) is 0 Å². The van der Waals surface area contributed by atoms with Crippen molar-refractivity contribution in [3.63, 3.8) is 0 Å². The summed E-state index contributed by atoms with van der Waals surface area (Å²) in [7, 11) is 0. The molecule has 2 aliphatic rings. The van der Waals surface area contributed by atoms with Crippen LogP contribution < -0.4 is 15.4 Å². The molecule has 2 aliphatic heterocycles. The van der Waals surface area contributed by atoms with E-state index in [4.69, 9.17) is 9.26 Å². The summed E-state index contributed by atoms with van der Waals surface area (Å²) in [5, 5.41) is 10.6. The van der Waals surface area contributed by atoms with E-state index in [-0.39, 0.29) is 11.3 Å².